The lowest BCUT2D eigenvalue weighted by molar-refractivity contribution is -0.123. The molecule has 1 unspecified atom stereocenters. The Kier molecular flexibility index (Phi) is 8.22. The van der Waals surface area contributed by atoms with Crippen molar-refractivity contribution in [1.82, 2.24) is 20.5 Å². The second-order valence-electron chi connectivity index (χ2n) is 8.01. The summed E-state index contributed by atoms with van der Waals surface area (Å²) in [7, 11) is 0. The number of carbonyl (C=O) groups excluding carboxylic acids is 1. The van der Waals surface area contributed by atoms with Crippen LogP contribution < -0.4 is 10.6 Å². The van der Waals surface area contributed by atoms with E-state index in [2.05, 4.69) is 50.8 Å². The van der Waals surface area contributed by atoms with E-state index in [1.165, 1.54) is 5.56 Å². The summed E-state index contributed by atoms with van der Waals surface area (Å²) in [4.78, 5) is 19.4. The summed E-state index contributed by atoms with van der Waals surface area (Å²) in [5.74, 6) is 0.0857. The number of amides is 1. The van der Waals surface area contributed by atoms with Gasteiger partial charge in [-0.25, -0.2) is 0 Å². The minimum atomic E-state index is -0.0403. The topological polar surface area (TPSA) is 66.5 Å². The number of nitrogens with one attached hydrogen (secondary N) is 2. The molecular weight excluding hydrogens is 400 g/mol. The number of hydrogen-bond acceptors (Lipinski definition) is 5. The van der Waals surface area contributed by atoms with Crippen LogP contribution >= 0.6 is 12.4 Å². The normalized spacial score (nSPS) is 21.4. The summed E-state index contributed by atoms with van der Waals surface area (Å²) in [6.07, 6.45) is 5.55. The van der Waals surface area contributed by atoms with Crippen LogP contribution in [-0.4, -0.2) is 61.7 Å². The molecule has 1 amide bonds. The van der Waals surface area contributed by atoms with E-state index in [1.54, 1.807) is 6.20 Å². The van der Waals surface area contributed by atoms with Crippen molar-refractivity contribution < 1.29 is 9.53 Å². The number of pyridine rings is 1. The van der Waals surface area contributed by atoms with E-state index in [0.717, 1.165) is 51.3 Å². The van der Waals surface area contributed by atoms with E-state index in [9.17, 15) is 4.79 Å². The van der Waals surface area contributed by atoms with Crippen LogP contribution in [-0.2, 0) is 14.9 Å². The second-order valence-corrected chi connectivity index (χ2v) is 8.01. The molecular formula is C23H31ClN4O2. The fourth-order valence-electron chi connectivity index (χ4n) is 4.47. The van der Waals surface area contributed by atoms with Crippen LogP contribution in [0.2, 0.25) is 0 Å². The Morgan fingerprint density at radius 2 is 2.00 bits per heavy atom. The maximum absolute atomic E-state index is 12.9. The maximum Gasteiger partial charge on any atom is 0.234 e. The van der Waals surface area contributed by atoms with E-state index in [4.69, 9.17) is 4.74 Å². The first-order valence-electron chi connectivity index (χ1n) is 10.5. The maximum atomic E-state index is 12.9. The van der Waals surface area contributed by atoms with E-state index in [1.807, 2.05) is 18.3 Å². The molecule has 2 aliphatic rings. The molecule has 2 saturated heterocycles. The zero-order valence-electron chi connectivity index (χ0n) is 17.3. The molecule has 0 bridgehead atoms. The third kappa shape index (κ3) is 5.38. The lowest BCUT2D eigenvalue weighted by atomic mass is 9.74. The lowest BCUT2D eigenvalue weighted by Crippen LogP contribution is -2.51. The molecule has 2 fully saturated rings. The van der Waals surface area contributed by atoms with Gasteiger partial charge < -0.3 is 15.4 Å². The number of nitrogens with zero attached hydrogens (tertiary/aromatic N) is 2. The Morgan fingerprint density at radius 1 is 1.20 bits per heavy atom. The zero-order chi connectivity index (χ0) is 19.9. The monoisotopic (exact) mass is 430 g/mol. The van der Waals surface area contributed by atoms with Gasteiger partial charge in [-0.1, -0.05) is 36.4 Å². The Hall–Kier alpha value is -1.99. The third-order valence-electron chi connectivity index (χ3n) is 6.23. The number of ether oxygens (including phenoxy) is 1. The van der Waals surface area contributed by atoms with Crippen molar-refractivity contribution in [3.05, 3.63) is 66.0 Å². The fraction of sp³-hybridized carbons (Fsp3) is 0.478. The van der Waals surface area contributed by atoms with Gasteiger partial charge in [0.25, 0.3) is 0 Å². The van der Waals surface area contributed by atoms with Crippen molar-refractivity contribution in [3.63, 3.8) is 0 Å². The number of carbonyl (C=O) groups is 1. The number of halogens is 1. The van der Waals surface area contributed by atoms with E-state index in [0.29, 0.717) is 13.1 Å². The third-order valence-corrected chi connectivity index (χ3v) is 6.23. The van der Waals surface area contributed by atoms with Gasteiger partial charge in [0.1, 0.15) is 0 Å². The Morgan fingerprint density at radius 3 is 2.73 bits per heavy atom. The molecule has 2 N–H and O–H groups in total. The molecule has 6 nitrogen and oxygen atoms in total. The van der Waals surface area contributed by atoms with Gasteiger partial charge in [0, 0.05) is 63.2 Å². The van der Waals surface area contributed by atoms with Gasteiger partial charge in [0.2, 0.25) is 5.91 Å². The highest BCUT2D eigenvalue weighted by atomic mass is 35.5. The van der Waals surface area contributed by atoms with Crippen molar-refractivity contribution in [2.75, 3.05) is 45.9 Å². The van der Waals surface area contributed by atoms with Crippen molar-refractivity contribution in [3.8, 4) is 0 Å². The average Bonchev–Trinajstić information content (AvgIpc) is 2.80. The van der Waals surface area contributed by atoms with Gasteiger partial charge in [-0.15, -0.1) is 12.4 Å². The highest BCUT2D eigenvalue weighted by molar-refractivity contribution is 5.85. The molecule has 0 radical (unpaired) electrons. The van der Waals surface area contributed by atoms with E-state index < -0.39 is 0 Å². The molecule has 1 aromatic heterocycles. The molecule has 0 saturated carbocycles. The molecule has 2 aliphatic heterocycles. The number of aromatic nitrogens is 1. The van der Waals surface area contributed by atoms with E-state index in [-0.39, 0.29) is 29.8 Å². The molecule has 30 heavy (non-hydrogen) atoms. The Bertz CT molecular complexity index is 784. The van der Waals surface area contributed by atoms with Gasteiger partial charge >= 0.3 is 0 Å². The molecule has 0 aliphatic carbocycles. The van der Waals surface area contributed by atoms with Gasteiger partial charge in [-0.2, -0.15) is 0 Å². The molecule has 162 valence electrons. The summed E-state index contributed by atoms with van der Waals surface area (Å²) >= 11 is 0. The Labute approximate surface area is 184 Å². The van der Waals surface area contributed by atoms with Gasteiger partial charge in [-0.3, -0.25) is 14.7 Å². The zero-order valence-corrected chi connectivity index (χ0v) is 18.1. The molecule has 3 heterocycles. The van der Waals surface area contributed by atoms with Crippen LogP contribution in [0.15, 0.2) is 54.9 Å². The van der Waals surface area contributed by atoms with Crippen LogP contribution in [0.1, 0.15) is 30.0 Å². The molecule has 7 heteroatoms. The quantitative estimate of drug-likeness (QED) is 0.736. The molecule has 4 rings (SSSR count). The molecule has 1 aromatic carbocycles. The highest BCUT2D eigenvalue weighted by Gasteiger charge is 2.35. The number of benzene rings is 1. The fourth-order valence-corrected chi connectivity index (χ4v) is 4.47. The van der Waals surface area contributed by atoms with Gasteiger partial charge in [0.05, 0.1) is 6.54 Å². The SMILES string of the molecule is Cl.O=C(CN1CCNCC1c1cccnc1)NCC1(c2ccccc2)CCOCC1. The standard InChI is InChI=1S/C23H30N4O2.ClH/c28-22(17-27-12-11-25-16-21(27)19-5-4-10-24-15-19)26-18-23(8-13-29-14-9-23)20-6-2-1-3-7-20;/h1-7,10,15,21,25H,8-9,11-14,16-18H2,(H,26,28);1H. The summed E-state index contributed by atoms with van der Waals surface area (Å²) in [6, 6.07) is 14.8. The van der Waals surface area contributed by atoms with Gasteiger partial charge in [-0.05, 0) is 30.0 Å². The van der Waals surface area contributed by atoms with Crippen LogP contribution in [0, 0.1) is 0 Å². The smallest absolute Gasteiger partial charge is 0.234 e. The average molecular weight is 431 g/mol. The lowest BCUT2D eigenvalue weighted by Gasteiger charge is -2.39. The van der Waals surface area contributed by atoms with Crippen molar-refractivity contribution in [2.45, 2.75) is 24.3 Å². The van der Waals surface area contributed by atoms with Crippen molar-refractivity contribution in [2.24, 2.45) is 0 Å². The predicted molar refractivity (Wildman–Crippen MR) is 120 cm³/mol. The summed E-state index contributed by atoms with van der Waals surface area (Å²) in [5, 5.41) is 6.67. The summed E-state index contributed by atoms with van der Waals surface area (Å²) in [5.41, 5.74) is 2.40. The first-order chi connectivity index (χ1) is 14.3. The van der Waals surface area contributed by atoms with Crippen molar-refractivity contribution in [1.29, 1.82) is 0 Å². The number of rotatable bonds is 6. The highest BCUT2D eigenvalue weighted by Crippen LogP contribution is 2.34. The first kappa shape index (κ1) is 22.7. The largest absolute Gasteiger partial charge is 0.381 e. The van der Waals surface area contributed by atoms with Crippen LogP contribution in [0.25, 0.3) is 0 Å². The first-order valence-corrected chi connectivity index (χ1v) is 10.5. The minimum absolute atomic E-state index is 0. The summed E-state index contributed by atoms with van der Waals surface area (Å²) in [6.45, 7) is 5.13. The molecule has 2 aromatic rings. The second kappa shape index (κ2) is 10.9. The van der Waals surface area contributed by atoms with Crippen LogP contribution in [0.5, 0.6) is 0 Å². The summed E-state index contributed by atoms with van der Waals surface area (Å²) < 4.78 is 5.60. The molecule has 0 spiro atoms. The van der Waals surface area contributed by atoms with Crippen molar-refractivity contribution >= 4 is 18.3 Å². The predicted octanol–water partition coefficient (Wildman–Crippen LogP) is 2.31. The number of hydrogen-bond donors (Lipinski definition) is 2. The van der Waals surface area contributed by atoms with Crippen LogP contribution in [0.4, 0.5) is 0 Å². The minimum Gasteiger partial charge on any atom is -0.381 e. The number of piperazine rings is 1. The van der Waals surface area contributed by atoms with Gasteiger partial charge in [0.15, 0.2) is 0 Å². The Balaban J connectivity index is 0.00000256. The van der Waals surface area contributed by atoms with E-state index >= 15 is 0 Å². The van der Waals surface area contributed by atoms with Crippen LogP contribution in [0.3, 0.4) is 0 Å². The molecule has 1 atom stereocenters.